The van der Waals surface area contributed by atoms with Crippen LogP contribution in [0.25, 0.3) is 0 Å². The molecule has 1 aromatic heterocycles. The van der Waals surface area contributed by atoms with Crippen molar-refractivity contribution >= 4 is 5.78 Å². The summed E-state index contributed by atoms with van der Waals surface area (Å²) in [6.07, 6.45) is 1.44. The summed E-state index contributed by atoms with van der Waals surface area (Å²) in [7, 11) is 1.78. The standard InChI is InChI=1S/C14H17N3O2/c1-3-19-14(11-7-5-4-6-8-11)13(18)9-12-10-17(2)16-15-12/h4-8,10,14H,3,9H2,1-2H3. The molecule has 0 aliphatic carbocycles. The third-order valence-corrected chi connectivity index (χ3v) is 2.73. The van der Waals surface area contributed by atoms with Crippen LogP contribution in [0.2, 0.25) is 0 Å². The third kappa shape index (κ3) is 3.48. The minimum atomic E-state index is -0.534. The van der Waals surface area contributed by atoms with Crippen molar-refractivity contribution in [3.05, 3.63) is 47.8 Å². The molecule has 0 bridgehead atoms. The fourth-order valence-corrected chi connectivity index (χ4v) is 1.92. The molecular weight excluding hydrogens is 242 g/mol. The Bertz CT molecular complexity index is 537. The SMILES string of the molecule is CCOC(C(=O)Cc1cn(C)nn1)c1ccccc1. The Morgan fingerprint density at radius 1 is 1.37 bits per heavy atom. The molecule has 100 valence electrons. The number of rotatable bonds is 6. The highest BCUT2D eigenvalue weighted by Crippen LogP contribution is 2.19. The van der Waals surface area contributed by atoms with Gasteiger partial charge in [0.1, 0.15) is 6.10 Å². The fourth-order valence-electron chi connectivity index (χ4n) is 1.92. The van der Waals surface area contributed by atoms with Crippen LogP contribution in [-0.2, 0) is 23.0 Å². The molecule has 1 heterocycles. The fraction of sp³-hybridized carbons (Fsp3) is 0.357. The van der Waals surface area contributed by atoms with E-state index in [0.717, 1.165) is 5.56 Å². The van der Waals surface area contributed by atoms with Crippen LogP contribution in [0.3, 0.4) is 0 Å². The minimum Gasteiger partial charge on any atom is -0.366 e. The Morgan fingerprint density at radius 3 is 2.68 bits per heavy atom. The van der Waals surface area contributed by atoms with Gasteiger partial charge in [-0.2, -0.15) is 0 Å². The molecule has 19 heavy (non-hydrogen) atoms. The van der Waals surface area contributed by atoms with E-state index in [9.17, 15) is 4.79 Å². The van der Waals surface area contributed by atoms with E-state index in [-0.39, 0.29) is 12.2 Å². The first-order chi connectivity index (χ1) is 9.20. The number of hydrogen-bond donors (Lipinski definition) is 0. The predicted molar refractivity (Wildman–Crippen MR) is 70.5 cm³/mol. The van der Waals surface area contributed by atoms with Crippen LogP contribution in [0.1, 0.15) is 24.3 Å². The third-order valence-electron chi connectivity index (χ3n) is 2.73. The highest BCUT2D eigenvalue weighted by molar-refractivity contribution is 5.86. The van der Waals surface area contributed by atoms with Crippen LogP contribution in [0.4, 0.5) is 0 Å². The summed E-state index contributed by atoms with van der Waals surface area (Å²) in [5.74, 6) is -0.00597. The summed E-state index contributed by atoms with van der Waals surface area (Å²) in [6, 6.07) is 9.51. The van der Waals surface area contributed by atoms with Crippen LogP contribution in [-0.4, -0.2) is 27.4 Å². The van der Waals surface area contributed by atoms with Crippen LogP contribution in [0.15, 0.2) is 36.5 Å². The van der Waals surface area contributed by atoms with E-state index in [0.29, 0.717) is 12.3 Å². The van der Waals surface area contributed by atoms with E-state index in [1.165, 1.54) is 0 Å². The summed E-state index contributed by atoms with van der Waals surface area (Å²) in [5.41, 5.74) is 1.53. The number of aromatic nitrogens is 3. The van der Waals surface area contributed by atoms with Crippen molar-refractivity contribution in [2.75, 3.05) is 6.61 Å². The van der Waals surface area contributed by atoms with Crippen molar-refractivity contribution in [2.24, 2.45) is 7.05 Å². The number of benzene rings is 1. The van der Waals surface area contributed by atoms with Crippen LogP contribution < -0.4 is 0 Å². The Kier molecular flexibility index (Phi) is 4.41. The van der Waals surface area contributed by atoms with Gasteiger partial charge < -0.3 is 4.74 Å². The molecular formula is C14H17N3O2. The van der Waals surface area contributed by atoms with Crippen molar-refractivity contribution in [2.45, 2.75) is 19.4 Å². The maximum absolute atomic E-state index is 12.3. The molecule has 0 aliphatic heterocycles. The first-order valence-electron chi connectivity index (χ1n) is 6.25. The summed E-state index contributed by atoms with van der Waals surface area (Å²) in [5, 5.41) is 7.75. The Balaban J connectivity index is 2.13. The number of Topliss-reactive ketones (excluding diaryl/α,β-unsaturated/α-hetero) is 1. The van der Waals surface area contributed by atoms with Crippen molar-refractivity contribution < 1.29 is 9.53 Å². The molecule has 0 aliphatic rings. The highest BCUT2D eigenvalue weighted by atomic mass is 16.5. The lowest BCUT2D eigenvalue weighted by Gasteiger charge is -2.15. The molecule has 1 atom stereocenters. The zero-order chi connectivity index (χ0) is 13.7. The smallest absolute Gasteiger partial charge is 0.172 e. The lowest BCUT2D eigenvalue weighted by molar-refractivity contribution is -0.130. The quantitative estimate of drug-likeness (QED) is 0.792. The van der Waals surface area contributed by atoms with Crippen molar-refractivity contribution in [3.63, 3.8) is 0 Å². The second-order valence-electron chi connectivity index (χ2n) is 4.27. The number of ether oxygens (including phenoxy) is 1. The number of nitrogens with zero attached hydrogens (tertiary/aromatic N) is 3. The summed E-state index contributed by atoms with van der Waals surface area (Å²) >= 11 is 0. The van der Waals surface area contributed by atoms with E-state index in [1.54, 1.807) is 17.9 Å². The predicted octanol–water partition coefficient (Wildman–Crippen LogP) is 1.70. The molecule has 0 spiro atoms. The number of ketones is 1. The number of aryl methyl sites for hydroxylation is 1. The van der Waals surface area contributed by atoms with Gasteiger partial charge in [-0.05, 0) is 12.5 Å². The molecule has 0 N–H and O–H groups in total. The van der Waals surface area contributed by atoms with E-state index < -0.39 is 6.10 Å². The van der Waals surface area contributed by atoms with E-state index in [4.69, 9.17) is 4.74 Å². The van der Waals surface area contributed by atoms with Gasteiger partial charge in [0.2, 0.25) is 0 Å². The monoisotopic (exact) mass is 259 g/mol. The van der Waals surface area contributed by atoms with Gasteiger partial charge in [0, 0.05) is 19.9 Å². The molecule has 2 aromatic rings. The van der Waals surface area contributed by atoms with Crippen molar-refractivity contribution in [1.82, 2.24) is 15.0 Å². The molecule has 0 amide bonds. The second-order valence-corrected chi connectivity index (χ2v) is 4.27. The molecule has 0 saturated carbocycles. The lowest BCUT2D eigenvalue weighted by atomic mass is 10.0. The molecule has 5 nitrogen and oxygen atoms in total. The zero-order valence-corrected chi connectivity index (χ0v) is 11.1. The number of hydrogen-bond acceptors (Lipinski definition) is 4. The van der Waals surface area contributed by atoms with Gasteiger partial charge in [0.15, 0.2) is 5.78 Å². The maximum Gasteiger partial charge on any atom is 0.172 e. The van der Waals surface area contributed by atoms with Crippen LogP contribution >= 0.6 is 0 Å². The van der Waals surface area contributed by atoms with Gasteiger partial charge >= 0.3 is 0 Å². The summed E-state index contributed by atoms with van der Waals surface area (Å²) < 4.78 is 7.15. The second kappa shape index (κ2) is 6.24. The first-order valence-corrected chi connectivity index (χ1v) is 6.25. The largest absolute Gasteiger partial charge is 0.366 e. The first kappa shape index (κ1) is 13.4. The van der Waals surface area contributed by atoms with Crippen molar-refractivity contribution in [1.29, 1.82) is 0 Å². The van der Waals surface area contributed by atoms with Gasteiger partial charge in [-0.25, -0.2) is 0 Å². The number of carbonyl (C=O) groups excluding carboxylic acids is 1. The molecule has 0 fully saturated rings. The summed E-state index contributed by atoms with van der Waals surface area (Å²) in [4.78, 5) is 12.3. The van der Waals surface area contributed by atoms with Gasteiger partial charge in [0.05, 0.1) is 12.1 Å². The van der Waals surface area contributed by atoms with E-state index in [2.05, 4.69) is 10.3 Å². The Morgan fingerprint density at radius 2 is 2.11 bits per heavy atom. The van der Waals surface area contributed by atoms with Gasteiger partial charge in [-0.1, -0.05) is 35.5 Å². The number of carbonyl (C=O) groups is 1. The molecule has 5 heteroatoms. The van der Waals surface area contributed by atoms with Crippen LogP contribution in [0, 0.1) is 0 Å². The molecule has 0 saturated heterocycles. The highest BCUT2D eigenvalue weighted by Gasteiger charge is 2.21. The van der Waals surface area contributed by atoms with Crippen molar-refractivity contribution in [3.8, 4) is 0 Å². The van der Waals surface area contributed by atoms with Gasteiger partial charge in [0.25, 0.3) is 0 Å². The summed E-state index contributed by atoms with van der Waals surface area (Å²) in [6.45, 7) is 2.37. The van der Waals surface area contributed by atoms with Gasteiger partial charge in [-0.3, -0.25) is 9.48 Å². The zero-order valence-electron chi connectivity index (χ0n) is 11.1. The Labute approximate surface area is 112 Å². The molecule has 1 aromatic carbocycles. The molecule has 0 radical (unpaired) electrons. The average Bonchev–Trinajstić information content (AvgIpc) is 2.82. The van der Waals surface area contributed by atoms with E-state index in [1.807, 2.05) is 37.3 Å². The molecule has 1 unspecified atom stereocenters. The minimum absolute atomic E-state index is 0.00597. The topological polar surface area (TPSA) is 57.0 Å². The Hall–Kier alpha value is -2.01. The van der Waals surface area contributed by atoms with E-state index >= 15 is 0 Å². The molecule has 2 rings (SSSR count). The van der Waals surface area contributed by atoms with Crippen LogP contribution in [0.5, 0.6) is 0 Å². The maximum atomic E-state index is 12.3. The van der Waals surface area contributed by atoms with Gasteiger partial charge in [-0.15, -0.1) is 5.10 Å². The normalized spacial score (nSPS) is 12.3. The lowest BCUT2D eigenvalue weighted by Crippen LogP contribution is -2.18. The average molecular weight is 259 g/mol.